The first-order valence-electron chi connectivity index (χ1n) is 5.18. The molecule has 2 nitrogen and oxygen atoms in total. The number of nitrogens with zero attached hydrogens (tertiary/aromatic N) is 1. The number of piperazine rings is 1. The fourth-order valence-electron chi connectivity index (χ4n) is 1.85. The molecule has 0 aromatic rings. The first kappa shape index (κ1) is 10.0. The predicted molar refractivity (Wildman–Crippen MR) is 53.4 cm³/mol. The van der Waals surface area contributed by atoms with E-state index in [1.807, 2.05) is 0 Å². The van der Waals surface area contributed by atoms with Gasteiger partial charge in [-0.25, -0.2) is 0 Å². The first-order chi connectivity index (χ1) is 5.72. The zero-order chi connectivity index (χ0) is 8.97. The molecule has 0 amide bonds. The molecule has 1 heterocycles. The van der Waals surface area contributed by atoms with Crippen molar-refractivity contribution in [1.82, 2.24) is 10.2 Å². The number of nitrogens with one attached hydrogen (secondary N) is 1. The third-order valence-corrected chi connectivity index (χ3v) is 2.46. The topological polar surface area (TPSA) is 15.3 Å². The van der Waals surface area contributed by atoms with Crippen LogP contribution in [-0.2, 0) is 0 Å². The highest BCUT2D eigenvalue weighted by Gasteiger charge is 2.17. The second kappa shape index (κ2) is 4.83. The van der Waals surface area contributed by atoms with Gasteiger partial charge in [-0.3, -0.25) is 0 Å². The highest BCUT2D eigenvalue weighted by atomic mass is 15.2. The standard InChI is InChI=1S/C10H22N2/c1-4-10-8-12(6-5-11-10)7-9(2)3/h9-11H,4-8H2,1-3H3. The average Bonchev–Trinajstić information content (AvgIpc) is 2.03. The fraction of sp³-hybridized carbons (Fsp3) is 1.00. The van der Waals surface area contributed by atoms with Crippen LogP contribution in [0.15, 0.2) is 0 Å². The number of hydrogen-bond donors (Lipinski definition) is 1. The summed E-state index contributed by atoms with van der Waals surface area (Å²) < 4.78 is 0. The van der Waals surface area contributed by atoms with Gasteiger partial charge in [0.2, 0.25) is 0 Å². The fourth-order valence-corrected chi connectivity index (χ4v) is 1.85. The average molecular weight is 170 g/mol. The van der Waals surface area contributed by atoms with Gasteiger partial charge in [-0.05, 0) is 12.3 Å². The molecule has 1 aliphatic heterocycles. The molecule has 2 heteroatoms. The lowest BCUT2D eigenvalue weighted by molar-refractivity contribution is 0.179. The van der Waals surface area contributed by atoms with Gasteiger partial charge in [0.05, 0.1) is 0 Å². The molecule has 1 aliphatic rings. The lowest BCUT2D eigenvalue weighted by Crippen LogP contribution is -2.51. The third kappa shape index (κ3) is 3.11. The van der Waals surface area contributed by atoms with Crippen LogP contribution in [0.4, 0.5) is 0 Å². The Morgan fingerprint density at radius 2 is 2.25 bits per heavy atom. The minimum Gasteiger partial charge on any atom is -0.311 e. The third-order valence-electron chi connectivity index (χ3n) is 2.46. The molecule has 0 radical (unpaired) electrons. The van der Waals surface area contributed by atoms with E-state index in [9.17, 15) is 0 Å². The molecule has 72 valence electrons. The van der Waals surface area contributed by atoms with E-state index >= 15 is 0 Å². The Balaban J connectivity index is 2.25. The first-order valence-corrected chi connectivity index (χ1v) is 5.18. The Kier molecular flexibility index (Phi) is 4.02. The maximum atomic E-state index is 3.53. The SMILES string of the molecule is CCC1CN(CC(C)C)CCN1. The minimum absolute atomic E-state index is 0.734. The molecule has 0 saturated carbocycles. The van der Waals surface area contributed by atoms with Gasteiger partial charge in [-0.1, -0.05) is 20.8 Å². The Morgan fingerprint density at radius 3 is 2.83 bits per heavy atom. The second-order valence-electron chi connectivity index (χ2n) is 4.21. The molecule has 1 N–H and O–H groups in total. The van der Waals surface area contributed by atoms with Gasteiger partial charge < -0.3 is 10.2 Å². The minimum atomic E-state index is 0.734. The van der Waals surface area contributed by atoms with Crippen LogP contribution in [0, 0.1) is 5.92 Å². The van der Waals surface area contributed by atoms with Crippen LogP contribution in [0.3, 0.4) is 0 Å². The largest absolute Gasteiger partial charge is 0.311 e. The summed E-state index contributed by atoms with van der Waals surface area (Å²) in [6.07, 6.45) is 1.26. The monoisotopic (exact) mass is 170 g/mol. The summed E-state index contributed by atoms with van der Waals surface area (Å²) >= 11 is 0. The molecular weight excluding hydrogens is 148 g/mol. The van der Waals surface area contributed by atoms with E-state index in [0.29, 0.717) is 0 Å². The molecule has 0 spiro atoms. The van der Waals surface area contributed by atoms with Crippen LogP contribution in [-0.4, -0.2) is 37.1 Å². The Hall–Kier alpha value is -0.0800. The van der Waals surface area contributed by atoms with Gasteiger partial charge in [0.1, 0.15) is 0 Å². The Labute approximate surface area is 76.3 Å². The van der Waals surface area contributed by atoms with Gasteiger partial charge in [-0.15, -0.1) is 0 Å². The molecule has 0 aromatic carbocycles. The smallest absolute Gasteiger partial charge is 0.0192 e. The van der Waals surface area contributed by atoms with Crippen LogP contribution in [0.1, 0.15) is 27.2 Å². The number of hydrogen-bond acceptors (Lipinski definition) is 2. The molecular formula is C10H22N2. The van der Waals surface area contributed by atoms with Crippen molar-refractivity contribution in [2.24, 2.45) is 5.92 Å². The lowest BCUT2D eigenvalue weighted by atomic mass is 10.1. The molecule has 1 unspecified atom stereocenters. The predicted octanol–water partition coefficient (Wildman–Crippen LogP) is 1.33. The lowest BCUT2D eigenvalue weighted by Gasteiger charge is -2.34. The molecule has 1 rings (SSSR count). The number of rotatable bonds is 3. The molecule has 1 saturated heterocycles. The highest BCUT2D eigenvalue weighted by molar-refractivity contribution is 4.77. The van der Waals surface area contributed by atoms with E-state index in [1.165, 1.54) is 32.6 Å². The van der Waals surface area contributed by atoms with Gasteiger partial charge in [0.25, 0.3) is 0 Å². The van der Waals surface area contributed by atoms with Gasteiger partial charge >= 0.3 is 0 Å². The molecule has 0 aromatic heterocycles. The summed E-state index contributed by atoms with van der Waals surface area (Å²) in [6, 6.07) is 0.734. The maximum Gasteiger partial charge on any atom is 0.0192 e. The molecule has 1 fully saturated rings. The van der Waals surface area contributed by atoms with Crippen molar-refractivity contribution < 1.29 is 0 Å². The summed E-state index contributed by atoms with van der Waals surface area (Å²) in [6.45, 7) is 11.8. The molecule has 0 bridgehead atoms. The van der Waals surface area contributed by atoms with E-state index in [-0.39, 0.29) is 0 Å². The van der Waals surface area contributed by atoms with E-state index in [0.717, 1.165) is 12.0 Å². The second-order valence-corrected chi connectivity index (χ2v) is 4.21. The van der Waals surface area contributed by atoms with Gasteiger partial charge in [0, 0.05) is 32.2 Å². The van der Waals surface area contributed by atoms with E-state index in [4.69, 9.17) is 0 Å². The van der Waals surface area contributed by atoms with Crippen LogP contribution in [0.25, 0.3) is 0 Å². The van der Waals surface area contributed by atoms with Crippen molar-refractivity contribution in [3.63, 3.8) is 0 Å². The quantitative estimate of drug-likeness (QED) is 0.687. The van der Waals surface area contributed by atoms with Crippen molar-refractivity contribution >= 4 is 0 Å². The highest BCUT2D eigenvalue weighted by Crippen LogP contribution is 2.05. The van der Waals surface area contributed by atoms with Crippen LogP contribution in [0.5, 0.6) is 0 Å². The van der Waals surface area contributed by atoms with Gasteiger partial charge in [0.15, 0.2) is 0 Å². The van der Waals surface area contributed by atoms with Crippen molar-refractivity contribution in [2.75, 3.05) is 26.2 Å². The van der Waals surface area contributed by atoms with Crippen molar-refractivity contribution in [3.8, 4) is 0 Å². The maximum absolute atomic E-state index is 3.53. The van der Waals surface area contributed by atoms with E-state index in [1.54, 1.807) is 0 Å². The molecule has 1 atom stereocenters. The van der Waals surface area contributed by atoms with Crippen molar-refractivity contribution in [3.05, 3.63) is 0 Å². The van der Waals surface area contributed by atoms with Crippen molar-refractivity contribution in [1.29, 1.82) is 0 Å². The zero-order valence-corrected chi connectivity index (χ0v) is 8.64. The van der Waals surface area contributed by atoms with E-state index < -0.39 is 0 Å². The summed E-state index contributed by atoms with van der Waals surface area (Å²) in [5, 5.41) is 3.53. The Bertz CT molecular complexity index is 123. The van der Waals surface area contributed by atoms with Crippen LogP contribution < -0.4 is 5.32 Å². The summed E-state index contributed by atoms with van der Waals surface area (Å²) in [5.74, 6) is 0.806. The summed E-state index contributed by atoms with van der Waals surface area (Å²) in [5.41, 5.74) is 0. The van der Waals surface area contributed by atoms with Crippen LogP contribution >= 0.6 is 0 Å². The molecule has 12 heavy (non-hydrogen) atoms. The van der Waals surface area contributed by atoms with E-state index in [2.05, 4.69) is 31.0 Å². The van der Waals surface area contributed by atoms with Crippen LogP contribution in [0.2, 0.25) is 0 Å². The zero-order valence-electron chi connectivity index (χ0n) is 8.64. The Morgan fingerprint density at radius 1 is 1.50 bits per heavy atom. The summed E-state index contributed by atoms with van der Waals surface area (Å²) in [4.78, 5) is 2.58. The summed E-state index contributed by atoms with van der Waals surface area (Å²) in [7, 11) is 0. The molecule has 0 aliphatic carbocycles. The van der Waals surface area contributed by atoms with Crippen molar-refractivity contribution in [2.45, 2.75) is 33.2 Å². The normalized spacial score (nSPS) is 26.5. The van der Waals surface area contributed by atoms with Gasteiger partial charge in [-0.2, -0.15) is 0 Å².